The van der Waals surface area contributed by atoms with E-state index < -0.39 is 0 Å². The summed E-state index contributed by atoms with van der Waals surface area (Å²) in [5.74, 6) is 1.53. The number of hydrogen-bond donors (Lipinski definition) is 1. The van der Waals surface area contributed by atoms with Gasteiger partial charge in [0.05, 0.1) is 13.7 Å². The monoisotopic (exact) mass is 301 g/mol. The van der Waals surface area contributed by atoms with Gasteiger partial charge in [-0.25, -0.2) is 0 Å². The number of halogens is 1. The van der Waals surface area contributed by atoms with Gasteiger partial charge in [0, 0.05) is 10.5 Å². The topological polar surface area (TPSA) is 44.5 Å². The van der Waals surface area contributed by atoms with Crippen LogP contribution in [0.15, 0.2) is 16.6 Å². The first-order valence-electron chi connectivity index (χ1n) is 5.83. The second kappa shape index (κ2) is 6.87. The lowest BCUT2D eigenvalue weighted by molar-refractivity contribution is 0.294. The van der Waals surface area contributed by atoms with Gasteiger partial charge < -0.3 is 15.2 Å². The molecule has 3 nitrogen and oxygen atoms in total. The highest BCUT2D eigenvalue weighted by atomic mass is 79.9. The standard InChI is InChI=1S/C13H20BrNO2/c1-4-5-17-13-8-11(14)10(6-9(2)15)7-12(13)16-3/h7-9H,4-6,15H2,1-3H3. The molecule has 0 bridgehead atoms. The Morgan fingerprint density at radius 3 is 2.59 bits per heavy atom. The lowest BCUT2D eigenvalue weighted by atomic mass is 10.1. The van der Waals surface area contributed by atoms with E-state index in [1.807, 2.05) is 19.1 Å². The number of nitrogens with two attached hydrogens (primary N) is 1. The largest absolute Gasteiger partial charge is 0.493 e. The van der Waals surface area contributed by atoms with Gasteiger partial charge in [0.15, 0.2) is 11.5 Å². The maximum atomic E-state index is 5.81. The van der Waals surface area contributed by atoms with Crippen LogP contribution in [0.4, 0.5) is 0 Å². The first kappa shape index (κ1) is 14.3. The molecule has 0 saturated carbocycles. The van der Waals surface area contributed by atoms with Gasteiger partial charge in [-0.05, 0) is 37.5 Å². The second-order valence-corrected chi connectivity index (χ2v) is 4.98. The highest BCUT2D eigenvalue weighted by Gasteiger charge is 2.11. The van der Waals surface area contributed by atoms with Gasteiger partial charge >= 0.3 is 0 Å². The third-order valence-corrected chi connectivity index (χ3v) is 3.07. The van der Waals surface area contributed by atoms with E-state index in [1.165, 1.54) is 0 Å². The molecule has 0 fully saturated rings. The Balaban J connectivity index is 2.97. The molecule has 1 aromatic rings. The molecule has 0 spiro atoms. The summed E-state index contributed by atoms with van der Waals surface area (Å²) < 4.78 is 12.0. The molecule has 4 heteroatoms. The van der Waals surface area contributed by atoms with Crippen LogP contribution in [0.3, 0.4) is 0 Å². The molecule has 1 rings (SSSR count). The Morgan fingerprint density at radius 1 is 1.35 bits per heavy atom. The molecule has 0 saturated heterocycles. The van der Waals surface area contributed by atoms with E-state index in [0.29, 0.717) is 6.61 Å². The number of hydrogen-bond acceptors (Lipinski definition) is 3. The zero-order valence-corrected chi connectivity index (χ0v) is 12.2. The molecule has 0 aromatic heterocycles. The SMILES string of the molecule is CCCOc1cc(Br)c(CC(C)N)cc1OC. The van der Waals surface area contributed by atoms with Crippen LogP contribution in [-0.2, 0) is 6.42 Å². The van der Waals surface area contributed by atoms with Crippen LogP contribution in [0.2, 0.25) is 0 Å². The van der Waals surface area contributed by atoms with Crippen molar-refractivity contribution in [3.8, 4) is 11.5 Å². The highest BCUT2D eigenvalue weighted by Crippen LogP contribution is 2.34. The summed E-state index contributed by atoms with van der Waals surface area (Å²) in [6, 6.07) is 4.06. The quantitative estimate of drug-likeness (QED) is 0.878. The van der Waals surface area contributed by atoms with Gasteiger partial charge in [0.25, 0.3) is 0 Å². The van der Waals surface area contributed by atoms with Crippen LogP contribution < -0.4 is 15.2 Å². The van der Waals surface area contributed by atoms with Gasteiger partial charge in [-0.15, -0.1) is 0 Å². The second-order valence-electron chi connectivity index (χ2n) is 4.12. The van der Waals surface area contributed by atoms with Gasteiger partial charge in [0.2, 0.25) is 0 Å². The molecule has 1 atom stereocenters. The summed E-state index contributed by atoms with van der Waals surface area (Å²) in [5, 5.41) is 0. The minimum Gasteiger partial charge on any atom is -0.493 e. The number of ether oxygens (including phenoxy) is 2. The fourth-order valence-corrected chi connectivity index (χ4v) is 2.05. The molecular weight excluding hydrogens is 282 g/mol. The van der Waals surface area contributed by atoms with E-state index in [9.17, 15) is 0 Å². The summed E-state index contributed by atoms with van der Waals surface area (Å²) >= 11 is 3.54. The fourth-order valence-electron chi connectivity index (χ4n) is 1.56. The number of methoxy groups -OCH3 is 1. The van der Waals surface area contributed by atoms with E-state index in [-0.39, 0.29) is 6.04 Å². The normalized spacial score (nSPS) is 12.3. The van der Waals surface area contributed by atoms with Crippen LogP contribution in [-0.4, -0.2) is 19.8 Å². The van der Waals surface area contributed by atoms with Crippen molar-refractivity contribution in [3.63, 3.8) is 0 Å². The van der Waals surface area contributed by atoms with Crippen LogP contribution in [0.25, 0.3) is 0 Å². The Labute approximate surface area is 111 Å². The van der Waals surface area contributed by atoms with Crippen LogP contribution in [0, 0.1) is 0 Å². The number of benzene rings is 1. The predicted molar refractivity (Wildman–Crippen MR) is 73.8 cm³/mol. The van der Waals surface area contributed by atoms with Gasteiger partial charge in [-0.2, -0.15) is 0 Å². The molecule has 0 amide bonds. The summed E-state index contributed by atoms with van der Waals surface area (Å²) in [5.41, 5.74) is 6.95. The summed E-state index contributed by atoms with van der Waals surface area (Å²) in [6.07, 6.45) is 1.79. The molecule has 0 aliphatic carbocycles. The van der Waals surface area contributed by atoms with E-state index in [1.54, 1.807) is 7.11 Å². The smallest absolute Gasteiger partial charge is 0.162 e. The third-order valence-electron chi connectivity index (χ3n) is 2.34. The van der Waals surface area contributed by atoms with Crippen molar-refractivity contribution in [3.05, 3.63) is 22.2 Å². The maximum absolute atomic E-state index is 5.81. The van der Waals surface area contributed by atoms with Crippen LogP contribution in [0.5, 0.6) is 11.5 Å². The first-order valence-corrected chi connectivity index (χ1v) is 6.62. The average Bonchev–Trinajstić information content (AvgIpc) is 2.28. The fraction of sp³-hybridized carbons (Fsp3) is 0.538. The zero-order chi connectivity index (χ0) is 12.8. The van der Waals surface area contributed by atoms with Crippen molar-refractivity contribution in [2.45, 2.75) is 32.7 Å². The van der Waals surface area contributed by atoms with Gasteiger partial charge in [0.1, 0.15) is 0 Å². The highest BCUT2D eigenvalue weighted by molar-refractivity contribution is 9.10. The molecule has 0 heterocycles. The molecule has 0 aliphatic rings. The van der Waals surface area contributed by atoms with Gasteiger partial charge in [-0.1, -0.05) is 22.9 Å². The lowest BCUT2D eigenvalue weighted by Gasteiger charge is -2.14. The van der Waals surface area contributed by atoms with E-state index >= 15 is 0 Å². The van der Waals surface area contributed by atoms with Crippen molar-refractivity contribution in [2.24, 2.45) is 5.73 Å². The zero-order valence-electron chi connectivity index (χ0n) is 10.6. The van der Waals surface area contributed by atoms with Gasteiger partial charge in [-0.3, -0.25) is 0 Å². The Morgan fingerprint density at radius 2 is 2.06 bits per heavy atom. The number of rotatable bonds is 6. The summed E-state index contributed by atoms with van der Waals surface area (Å²) in [4.78, 5) is 0. The minimum absolute atomic E-state index is 0.124. The van der Waals surface area contributed by atoms with E-state index in [0.717, 1.165) is 34.4 Å². The molecule has 2 N–H and O–H groups in total. The molecule has 1 aromatic carbocycles. The van der Waals surface area contributed by atoms with Crippen LogP contribution >= 0.6 is 15.9 Å². The van der Waals surface area contributed by atoms with Crippen LogP contribution in [0.1, 0.15) is 25.8 Å². The predicted octanol–water partition coefficient (Wildman–Crippen LogP) is 3.14. The molecule has 96 valence electrons. The van der Waals surface area contributed by atoms with Crippen molar-refractivity contribution in [1.29, 1.82) is 0 Å². The summed E-state index contributed by atoms with van der Waals surface area (Å²) in [6.45, 7) is 4.75. The molecule has 0 aliphatic heterocycles. The Hall–Kier alpha value is -0.740. The first-order chi connectivity index (χ1) is 8.08. The average molecular weight is 302 g/mol. The molecular formula is C13H20BrNO2. The summed E-state index contributed by atoms with van der Waals surface area (Å²) in [7, 11) is 1.65. The maximum Gasteiger partial charge on any atom is 0.162 e. The van der Waals surface area contributed by atoms with E-state index in [2.05, 4.69) is 22.9 Å². The minimum atomic E-state index is 0.124. The van der Waals surface area contributed by atoms with Crippen molar-refractivity contribution < 1.29 is 9.47 Å². The third kappa shape index (κ3) is 4.21. The van der Waals surface area contributed by atoms with E-state index in [4.69, 9.17) is 15.2 Å². The molecule has 1 unspecified atom stereocenters. The lowest BCUT2D eigenvalue weighted by Crippen LogP contribution is -2.18. The molecule has 0 radical (unpaired) electrons. The van der Waals surface area contributed by atoms with Crippen molar-refractivity contribution in [1.82, 2.24) is 0 Å². The van der Waals surface area contributed by atoms with Crippen molar-refractivity contribution in [2.75, 3.05) is 13.7 Å². The molecule has 17 heavy (non-hydrogen) atoms. The Bertz CT molecular complexity index is 367. The van der Waals surface area contributed by atoms with Crippen molar-refractivity contribution >= 4 is 15.9 Å². The Kier molecular flexibility index (Phi) is 5.78.